The minimum atomic E-state index is -0.239. The zero-order valence-electron chi connectivity index (χ0n) is 17.7. The van der Waals surface area contributed by atoms with Gasteiger partial charge in [0.05, 0.1) is 0 Å². The number of nitrogens with zero attached hydrogens (tertiary/aromatic N) is 4. The summed E-state index contributed by atoms with van der Waals surface area (Å²) in [6, 6.07) is 15.9. The highest BCUT2D eigenvalue weighted by Gasteiger charge is 2.13. The lowest BCUT2D eigenvalue weighted by molar-refractivity contribution is -0.121. The standard InChI is InChI=1S/C24H25N5O2/c1-17-8-9-20(16-18(17)2)28-14-15-29-21(26-27-23(29)24(28)31)10-11-22(30)25-13-12-19-6-4-3-5-7-19/h3-9,14-16H,10-13H2,1-2H3,(H,25,30). The van der Waals surface area contributed by atoms with Crippen molar-refractivity contribution in [3.63, 3.8) is 0 Å². The van der Waals surface area contributed by atoms with Crippen molar-refractivity contribution in [3.8, 4) is 5.69 Å². The van der Waals surface area contributed by atoms with Gasteiger partial charge in [0.15, 0.2) is 0 Å². The van der Waals surface area contributed by atoms with E-state index in [9.17, 15) is 9.59 Å². The third-order valence-corrected chi connectivity index (χ3v) is 5.46. The van der Waals surface area contributed by atoms with Gasteiger partial charge in [0, 0.05) is 37.5 Å². The minimum Gasteiger partial charge on any atom is -0.356 e. The van der Waals surface area contributed by atoms with E-state index in [1.807, 2.05) is 62.4 Å². The summed E-state index contributed by atoms with van der Waals surface area (Å²) in [6.07, 6.45) is 4.97. The van der Waals surface area contributed by atoms with Crippen molar-refractivity contribution in [2.45, 2.75) is 33.1 Å². The number of benzene rings is 2. The Morgan fingerprint density at radius 1 is 0.968 bits per heavy atom. The second-order valence-electron chi connectivity index (χ2n) is 7.64. The largest absolute Gasteiger partial charge is 0.356 e. The van der Waals surface area contributed by atoms with Crippen LogP contribution < -0.4 is 10.9 Å². The SMILES string of the molecule is Cc1ccc(-n2ccn3c(CCC(=O)NCCc4ccccc4)nnc3c2=O)cc1C. The number of fused-ring (bicyclic) bond motifs is 1. The van der Waals surface area contributed by atoms with Crippen molar-refractivity contribution in [1.82, 2.24) is 24.5 Å². The molecule has 0 unspecified atom stereocenters. The highest BCUT2D eigenvalue weighted by molar-refractivity contribution is 5.76. The normalized spacial score (nSPS) is 11.0. The molecule has 4 aromatic rings. The zero-order chi connectivity index (χ0) is 21.8. The Balaban J connectivity index is 1.42. The van der Waals surface area contributed by atoms with E-state index in [0.717, 1.165) is 17.7 Å². The smallest absolute Gasteiger partial charge is 0.300 e. The van der Waals surface area contributed by atoms with Gasteiger partial charge >= 0.3 is 5.56 Å². The molecule has 1 N–H and O–H groups in total. The molecule has 2 aromatic carbocycles. The third-order valence-electron chi connectivity index (χ3n) is 5.46. The highest BCUT2D eigenvalue weighted by atomic mass is 16.1. The number of aromatic nitrogens is 4. The topological polar surface area (TPSA) is 81.3 Å². The summed E-state index contributed by atoms with van der Waals surface area (Å²) in [5.41, 5.74) is 4.27. The van der Waals surface area contributed by atoms with Crippen LogP contribution >= 0.6 is 0 Å². The molecule has 2 heterocycles. The molecule has 0 aliphatic heterocycles. The minimum absolute atomic E-state index is 0.0452. The Kier molecular flexibility index (Phi) is 5.93. The average Bonchev–Trinajstić information content (AvgIpc) is 3.19. The lowest BCUT2D eigenvalue weighted by Crippen LogP contribution is -2.26. The van der Waals surface area contributed by atoms with Crippen LogP contribution in [0.1, 0.15) is 28.9 Å². The molecule has 4 rings (SSSR count). The van der Waals surface area contributed by atoms with Crippen molar-refractivity contribution in [3.05, 3.63) is 93.8 Å². The predicted octanol–water partition coefficient (Wildman–Crippen LogP) is 2.79. The fraction of sp³-hybridized carbons (Fsp3) is 0.250. The molecule has 0 fully saturated rings. The summed E-state index contributed by atoms with van der Waals surface area (Å²) < 4.78 is 3.23. The number of rotatable bonds is 7. The number of carbonyl (C=O) groups is 1. The molecule has 0 saturated heterocycles. The van der Waals surface area contributed by atoms with E-state index >= 15 is 0 Å². The molecule has 0 spiro atoms. The summed E-state index contributed by atoms with van der Waals surface area (Å²) >= 11 is 0. The summed E-state index contributed by atoms with van der Waals surface area (Å²) in [6.45, 7) is 4.64. The van der Waals surface area contributed by atoms with E-state index < -0.39 is 0 Å². The summed E-state index contributed by atoms with van der Waals surface area (Å²) in [5, 5.41) is 11.1. The number of hydrogen-bond acceptors (Lipinski definition) is 4. The van der Waals surface area contributed by atoms with Gasteiger partial charge < -0.3 is 5.32 Å². The van der Waals surface area contributed by atoms with E-state index in [4.69, 9.17) is 0 Å². The number of hydrogen-bond donors (Lipinski definition) is 1. The highest BCUT2D eigenvalue weighted by Crippen LogP contribution is 2.13. The zero-order valence-corrected chi connectivity index (χ0v) is 17.7. The van der Waals surface area contributed by atoms with Crippen LogP contribution in [-0.4, -0.2) is 31.6 Å². The van der Waals surface area contributed by atoms with Crippen LogP contribution in [0.25, 0.3) is 11.3 Å². The van der Waals surface area contributed by atoms with Crippen molar-refractivity contribution >= 4 is 11.6 Å². The molecule has 0 radical (unpaired) electrons. The predicted molar refractivity (Wildman–Crippen MR) is 120 cm³/mol. The Morgan fingerprint density at radius 2 is 1.77 bits per heavy atom. The van der Waals surface area contributed by atoms with Crippen molar-refractivity contribution in [2.75, 3.05) is 6.54 Å². The lowest BCUT2D eigenvalue weighted by Gasteiger charge is -2.09. The molecule has 1 amide bonds. The molecule has 0 bridgehead atoms. The molecule has 7 heteroatoms. The van der Waals surface area contributed by atoms with E-state index in [0.29, 0.717) is 18.8 Å². The summed E-state index contributed by atoms with van der Waals surface area (Å²) in [5.74, 6) is 0.550. The van der Waals surface area contributed by atoms with Gasteiger partial charge in [0.1, 0.15) is 5.82 Å². The first-order valence-corrected chi connectivity index (χ1v) is 10.4. The molecule has 7 nitrogen and oxygen atoms in total. The molecule has 0 aliphatic carbocycles. The molecular weight excluding hydrogens is 390 g/mol. The maximum absolute atomic E-state index is 12.9. The van der Waals surface area contributed by atoms with Gasteiger partial charge in [0.2, 0.25) is 11.6 Å². The van der Waals surface area contributed by atoms with Crippen molar-refractivity contribution < 1.29 is 4.79 Å². The van der Waals surface area contributed by atoms with Gasteiger partial charge in [-0.15, -0.1) is 10.2 Å². The summed E-state index contributed by atoms with van der Waals surface area (Å²) in [7, 11) is 0. The van der Waals surface area contributed by atoms with Crippen LogP contribution in [0.4, 0.5) is 0 Å². The first-order chi connectivity index (χ1) is 15.0. The molecule has 158 valence electrons. The molecule has 0 aliphatic rings. The lowest BCUT2D eigenvalue weighted by atomic mass is 10.1. The Morgan fingerprint density at radius 3 is 2.55 bits per heavy atom. The molecule has 31 heavy (non-hydrogen) atoms. The quantitative estimate of drug-likeness (QED) is 0.503. The van der Waals surface area contributed by atoms with Gasteiger partial charge in [-0.3, -0.25) is 18.6 Å². The van der Waals surface area contributed by atoms with Crippen LogP contribution in [0.3, 0.4) is 0 Å². The molecule has 0 saturated carbocycles. The van der Waals surface area contributed by atoms with Gasteiger partial charge in [0.25, 0.3) is 0 Å². The van der Waals surface area contributed by atoms with Crippen LogP contribution in [0.5, 0.6) is 0 Å². The molecular formula is C24H25N5O2. The van der Waals surface area contributed by atoms with E-state index in [1.54, 1.807) is 21.4 Å². The fourth-order valence-corrected chi connectivity index (χ4v) is 3.49. The Bertz CT molecular complexity index is 1270. The maximum atomic E-state index is 12.9. The maximum Gasteiger partial charge on any atom is 0.300 e. The second kappa shape index (κ2) is 8.95. The van der Waals surface area contributed by atoms with E-state index in [-0.39, 0.29) is 23.5 Å². The van der Waals surface area contributed by atoms with Crippen molar-refractivity contribution in [2.24, 2.45) is 0 Å². The van der Waals surface area contributed by atoms with Gasteiger partial charge in [-0.05, 0) is 49.1 Å². The first-order valence-electron chi connectivity index (χ1n) is 10.4. The van der Waals surface area contributed by atoms with E-state index in [1.165, 1.54) is 11.1 Å². The number of aryl methyl sites for hydroxylation is 3. The van der Waals surface area contributed by atoms with Crippen LogP contribution in [0.2, 0.25) is 0 Å². The monoisotopic (exact) mass is 415 g/mol. The van der Waals surface area contributed by atoms with Crippen LogP contribution in [0, 0.1) is 13.8 Å². The Hall–Kier alpha value is -3.74. The van der Waals surface area contributed by atoms with Gasteiger partial charge in [-0.2, -0.15) is 0 Å². The number of nitrogens with one attached hydrogen (secondary N) is 1. The van der Waals surface area contributed by atoms with Crippen LogP contribution in [0.15, 0.2) is 65.7 Å². The summed E-state index contributed by atoms with van der Waals surface area (Å²) in [4.78, 5) is 25.1. The molecule has 2 aromatic heterocycles. The number of amides is 1. The number of carbonyl (C=O) groups excluding carboxylic acids is 1. The Labute approximate surface area is 180 Å². The van der Waals surface area contributed by atoms with E-state index in [2.05, 4.69) is 15.5 Å². The fourth-order valence-electron chi connectivity index (χ4n) is 3.49. The second-order valence-corrected chi connectivity index (χ2v) is 7.64. The van der Waals surface area contributed by atoms with Gasteiger partial charge in [-0.25, -0.2) is 0 Å². The average molecular weight is 415 g/mol. The van der Waals surface area contributed by atoms with Gasteiger partial charge in [-0.1, -0.05) is 36.4 Å². The van der Waals surface area contributed by atoms with Crippen molar-refractivity contribution in [1.29, 1.82) is 0 Å². The van der Waals surface area contributed by atoms with Crippen LogP contribution in [-0.2, 0) is 17.6 Å². The first kappa shape index (κ1) is 20.5. The third kappa shape index (κ3) is 4.55. The molecule has 0 atom stereocenters.